The van der Waals surface area contributed by atoms with Gasteiger partial charge in [-0.15, -0.1) is 0 Å². The van der Waals surface area contributed by atoms with Crippen LogP contribution in [0, 0.1) is 11.2 Å². The first-order chi connectivity index (χ1) is 8.52. The van der Waals surface area contributed by atoms with Crippen LogP contribution in [0.15, 0.2) is 18.2 Å². The number of benzene rings is 1. The Labute approximate surface area is 114 Å². The highest BCUT2D eigenvalue weighted by Gasteiger charge is 2.28. The second kappa shape index (κ2) is 5.58. The topological polar surface area (TPSA) is 12.0 Å². The van der Waals surface area contributed by atoms with Crippen LogP contribution >= 0.6 is 11.6 Å². The lowest BCUT2D eigenvalue weighted by Gasteiger charge is -2.29. The highest BCUT2D eigenvalue weighted by molar-refractivity contribution is 6.31. The normalized spacial score (nSPS) is 18.7. The lowest BCUT2D eigenvalue weighted by molar-refractivity contribution is 0.289. The quantitative estimate of drug-likeness (QED) is 0.817. The lowest BCUT2D eigenvalue weighted by Crippen LogP contribution is -2.34. The summed E-state index contributed by atoms with van der Waals surface area (Å²) in [6, 6.07) is 5.43. The number of hydrogen-bond donors (Lipinski definition) is 1. The van der Waals surface area contributed by atoms with Gasteiger partial charge in [-0.1, -0.05) is 31.5 Å². The number of nitrogens with one attached hydrogen (secondary N) is 1. The van der Waals surface area contributed by atoms with Gasteiger partial charge in [0.2, 0.25) is 0 Å². The summed E-state index contributed by atoms with van der Waals surface area (Å²) in [5.41, 5.74) is 1.23. The Kier molecular flexibility index (Phi) is 4.29. The van der Waals surface area contributed by atoms with Crippen LogP contribution in [0.1, 0.15) is 38.7 Å². The van der Waals surface area contributed by atoms with Crippen LogP contribution in [0.25, 0.3) is 0 Å². The Morgan fingerprint density at radius 1 is 1.44 bits per heavy atom. The smallest absolute Gasteiger partial charge is 0.124 e. The Morgan fingerprint density at radius 3 is 2.72 bits per heavy atom. The van der Waals surface area contributed by atoms with Crippen molar-refractivity contribution in [1.29, 1.82) is 0 Å². The summed E-state index contributed by atoms with van der Waals surface area (Å²) >= 11 is 6.11. The molecule has 1 aliphatic carbocycles. The molecule has 18 heavy (non-hydrogen) atoms. The second-order valence-electron chi connectivity index (χ2n) is 5.73. The van der Waals surface area contributed by atoms with E-state index in [2.05, 4.69) is 19.2 Å². The van der Waals surface area contributed by atoms with Crippen LogP contribution < -0.4 is 5.32 Å². The maximum Gasteiger partial charge on any atom is 0.124 e. The molecule has 1 aromatic carbocycles. The standard InChI is InChI=1S/C15H21ClFN/c1-3-15(2,10-18-13-6-7-13)9-11-4-5-12(17)8-14(11)16/h4-5,8,13,18H,3,6-7,9-10H2,1-2H3. The molecule has 1 aliphatic rings. The molecule has 100 valence electrons. The van der Waals surface area contributed by atoms with Gasteiger partial charge in [0.15, 0.2) is 0 Å². The SMILES string of the molecule is CCC(C)(CNC1CC1)Cc1ccc(F)cc1Cl. The van der Waals surface area contributed by atoms with E-state index >= 15 is 0 Å². The van der Waals surface area contributed by atoms with Crippen molar-refractivity contribution in [3.8, 4) is 0 Å². The van der Waals surface area contributed by atoms with Gasteiger partial charge < -0.3 is 5.32 Å². The molecule has 0 saturated heterocycles. The predicted molar refractivity (Wildman–Crippen MR) is 74.5 cm³/mol. The molecule has 1 N–H and O–H groups in total. The van der Waals surface area contributed by atoms with E-state index in [0.717, 1.165) is 31.0 Å². The van der Waals surface area contributed by atoms with E-state index in [4.69, 9.17) is 11.6 Å². The molecule has 0 amide bonds. The Morgan fingerprint density at radius 2 is 2.17 bits per heavy atom. The highest BCUT2D eigenvalue weighted by atomic mass is 35.5. The van der Waals surface area contributed by atoms with Gasteiger partial charge in [-0.2, -0.15) is 0 Å². The van der Waals surface area contributed by atoms with Crippen LogP contribution in [0.3, 0.4) is 0 Å². The van der Waals surface area contributed by atoms with Gasteiger partial charge in [-0.05, 0) is 48.8 Å². The summed E-state index contributed by atoms with van der Waals surface area (Å²) in [6.45, 7) is 5.47. The molecule has 1 atom stereocenters. The summed E-state index contributed by atoms with van der Waals surface area (Å²) < 4.78 is 13.0. The molecular formula is C15H21ClFN. The van der Waals surface area contributed by atoms with Crippen LogP contribution in [-0.4, -0.2) is 12.6 Å². The third-order valence-corrected chi connectivity index (χ3v) is 4.23. The van der Waals surface area contributed by atoms with Gasteiger partial charge in [0.25, 0.3) is 0 Å². The first-order valence-electron chi connectivity index (χ1n) is 6.70. The third-order valence-electron chi connectivity index (χ3n) is 3.88. The van der Waals surface area contributed by atoms with E-state index < -0.39 is 0 Å². The average molecular weight is 270 g/mol. The Balaban J connectivity index is 2.02. The fraction of sp³-hybridized carbons (Fsp3) is 0.600. The molecule has 1 fully saturated rings. The van der Waals surface area contributed by atoms with Gasteiger partial charge in [0, 0.05) is 17.6 Å². The van der Waals surface area contributed by atoms with Crippen molar-refractivity contribution in [2.24, 2.45) is 5.41 Å². The van der Waals surface area contributed by atoms with E-state index in [-0.39, 0.29) is 11.2 Å². The van der Waals surface area contributed by atoms with Crippen molar-refractivity contribution in [3.63, 3.8) is 0 Å². The fourth-order valence-electron chi connectivity index (χ4n) is 2.12. The number of halogens is 2. The zero-order valence-corrected chi connectivity index (χ0v) is 11.9. The molecule has 1 unspecified atom stereocenters. The summed E-state index contributed by atoms with van der Waals surface area (Å²) in [7, 11) is 0. The molecule has 0 aliphatic heterocycles. The zero-order chi connectivity index (χ0) is 13.2. The van der Waals surface area contributed by atoms with E-state index in [1.165, 1.54) is 25.0 Å². The Bertz CT molecular complexity index is 417. The first-order valence-corrected chi connectivity index (χ1v) is 7.07. The molecule has 2 rings (SSSR count). The summed E-state index contributed by atoms with van der Waals surface area (Å²) in [5.74, 6) is -0.266. The Hall–Kier alpha value is -0.600. The molecule has 0 bridgehead atoms. The summed E-state index contributed by atoms with van der Waals surface area (Å²) in [6.07, 6.45) is 4.58. The van der Waals surface area contributed by atoms with E-state index in [1.807, 2.05) is 6.07 Å². The van der Waals surface area contributed by atoms with Gasteiger partial charge in [0.1, 0.15) is 5.82 Å². The van der Waals surface area contributed by atoms with Gasteiger partial charge in [-0.3, -0.25) is 0 Å². The fourth-order valence-corrected chi connectivity index (χ4v) is 2.35. The second-order valence-corrected chi connectivity index (χ2v) is 6.14. The van der Waals surface area contributed by atoms with Crippen molar-refractivity contribution in [3.05, 3.63) is 34.6 Å². The van der Waals surface area contributed by atoms with Gasteiger partial charge in [-0.25, -0.2) is 4.39 Å². The van der Waals surface area contributed by atoms with Gasteiger partial charge >= 0.3 is 0 Å². The van der Waals surface area contributed by atoms with Crippen molar-refractivity contribution in [2.45, 2.75) is 45.6 Å². The van der Waals surface area contributed by atoms with Crippen molar-refractivity contribution < 1.29 is 4.39 Å². The minimum Gasteiger partial charge on any atom is -0.313 e. The third kappa shape index (κ3) is 3.69. The minimum atomic E-state index is -0.266. The van der Waals surface area contributed by atoms with Crippen LogP contribution in [0.5, 0.6) is 0 Å². The molecule has 0 heterocycles. The van der Waals surface area contributed by atoms with E-state index in [0.29, 0.717) is 5.02 Å². The zero-order valence-electron chi connectivity index (χ0n) is 11.1. The molecule has 1 aromatic rings. The minimum absolute atomic E-state index is 0.185. The van der Waals surface area contributed by atoms with Crippen molar-refractivity contribution >= 4 is 11.6 Å². The summed E-state index contributed by atoms with van der Waals surface area (Å²) in [5, 5.41) is 4.12. The molecule has 0 radical (unpaired) electrons. The van der Waals surface area contributed by atoms with Crippen LogP contribution in [0.2, 0.25) is 5.02 Å². The predicted octanol–water partition coefficient (Wildman–Crippen LogP) is 4.19. The number of rotatable bonds is 6. The maximum absolute atomic E-state index is 13.0. The van der Waals surface area contributed by atoms with Crippen LogP contribution in [0.4, 0.5) is 4.39 Å². The van der Waals surface area contributed by atoms with Crippen molar-refractivity contribution in [1.82, 2.24) is 5.32 Å². The molecule has 1 saturated carbocycles. The molecule has 1 nitrogen and oxygen atoms in total. The molecule has 3 heteroatoms. The molecular weight excluding hydrogens is 249 g/mol. The van der Waals surface area contributed by atoms with E-state index in [1.54, 1.807) is 0 Å². The largest absolute Gasteiger partial charge is 0.313 e. The monoisotopic (exact) mass is 269 g/mol. The first kappa shape index (κ1) is 13.8. The maximum atomic E-state index is 13.0. The van der Waals surface area contributed by atoms with Gasteiger partial charge in [0.05, 0.1) is 0 Å². The molecule has 0 spiro atoms. The van der Waals surface area contributed by atoms with Crippen molar-refractivity contribution in [2.75, 3.05) is 6.54 Å². The number of hydrogen-bond acceptors (Lipinski definition) is 1. The highest BCUT2D eigenvalue weighted by Crippen LogP contribution is 2.31. The average Bonchev–Trinajstić information content (AvgIpc) is 3.14. The summed E-state index contributed by atoms with van der Waals surface area (Å²) in [4.78, 5) is 0. The van der Waals surface area contributed by atoms with Crippen LogP contribution in [-0.2, 0) is 6.42 Å². The molecule has 0 aromatic heterocycles. The van der Waals surface area contributed by atoms with E-state index in [9.17, 15) is 4.39 Å². The lowest BCUT2D eigenvalue weighted by atomic mass is 9.81.